The van der Waals surface area contributed by atoms with Crippen molar-refractivity contribution in [1.29, 1.82) is 0 Å². The van der Waals surface area contributed by atoms with Crippen LogP contribution in [0, 0.1) is 18.8 Å². The molecule has 0 aliphatic heterocycles. The molecule has 21 heavy (non-hydrogen) atoms. The van der Waals surface area contributed by atoms with E-state index in [1.807, 2.05) is 35.6 Å². The van der Waals surface area contributed by atoms with Crippen molar-refractivity contribution in [2.24, 2.45) is 0 Å². The summed E-state index contributed by atoms with van der Waals surface area (Å²) in [6.07, 6.45) is -1.20. The molecule has 0 saturated heterocycles. The summed E-state index contributed by atoms with van der Waals surface area (Å²) in [5.74, 6) is 4.61. The van der Waals surface area contributed by atoms with Crippen molar-refractivity contribution in [3.63, 3.8) is 0 Å². The topological polar surface area (TPSA) is 92.4 Å². The van der Waals surface area contributed by atoms with Gasteiger partial charge in [-0.05, 0) is 25.0 Å². The van der Waals surface area contributed by atoms with E-state index in [4.69, 9.17) is 9.52 Å². The van der Waals surface area contributed by atoms with Crippen LogP contribution in [0.25, 0.3) is 11.5 Å². The number of nitrogens with zero attached hydrogens (tertiary/aromatic N) is 1. The number of Topliss-reactive ketones (excluding diaryl/α,β-unsaturated/α-hetero) is 1. The number of nitrogens with one attached hydrogen (secondary N) is 1. The van der Waals surface area contributed by atoms with E-state index < -0.39 is 11.9 Å². The molecule has 0 aliphatic carbocycles. The van der Waals surface area contributed by atoms with Crippen LogP contribution >= 0.6 is 0 Å². The summed E-state index contributed by atoms with van der Waals surface area (Å²) in [5.41, 5.74) is 1.21. The van der Waals surface area contributed by atoms with Crippen molar-refractivity contribution in [1.82, 2.24) is 10.3 Å². The van der Waals surface area contributed by atoms with Crippen molar-refractivity contribution >= 4 is 11.9 Å². The van der Waals surface area contributed by atoms with Gasteiger partial charge in [0.2, 0.25) is 11.7 Å². The fraction of sp³-hybridized carbons (Fsp3) is 0.133. The number of hydrogen-bond donors (Lipinski definition) is 2. The zero-order chi connectivity index (χ0) is 15.2. The molecule has 0 fully saturated rings. The van der Waals surface area contributed by atoms with Gasteiger partial charge in [0, 0.05) is 5.56 Å². The number of aromatic nitrogens is 1. The van der Waals surface area contributed by atoms with E-state index in [2.05, 4.69) is 16.8 Å². The molecule has 6 heteroatoms. The Bertz CT molecular complexity index is 723. The summed E-state index contributed by atoms with van der Waals surface area (Å²) in [6, 6.07) is 9.19. The molecule has 1 aromatic carbocycles. The van der Waals surface area contributed by atoms with Gasteiger partial charge in [0.05, 0.1) is 12.2 Å². The van der Waals surface area contributed by atoms with Gasteiger partial charge in [-0.25, -0.2) is 9.78 Å². The van der Waals surface area contributed by atoms with Gasteiger partial charge in [-0.2, -0.15) is 0 Å². The molecule has 2 N–H and O–H groups in total. The van der Waals surface area contributed by atoms with Crippen LogP contribution in [0.2, 0.25) is 0 Å². The molecular weight excluding hydrogens is 272 g/mol. The minimum Gasteiger partial charge on any atom is -0.465 e. The summed E-state index contributed by atoms with van der Waals surface area (Å²) in [5, 5.41) is 10.4. The van der Waals surface area contributed by atoms with Crippen LogP contribution in [-0.2, 0) is 0 Å². The minimum atomic E-state index is -1.20. The minimum absolute atomic E-state index is 0.0664. The maximum absolute atomic E-state index is 11.9. The van der Waals surface area contributed by atoms with E-state index >= 15 is 0 Å². The summed E-state index contributed by atoms with van der Waals surface area (Å²) in [4.78, 5) is 26.3. The Morgan fingerprint density at radius 1 is 1.33 bits per heavy atom. The molecule has 1 aromatic heterocycles. The Balaban J connectivity index is 2.16. The predicted molar refractivity (Wildman–Crippen MR) is 74.8 cm³/mol. The van der Waals surface area contributed by atoms with Gasteiger partial charge in [0.15, 0.2) is 0 Å². The smallest absolute Gasteiger partial charge is 0.405 e. The first-order chi connectivity index (χ1) is 10.1. The third-order valence-corrected chi connectivity index (χ3v) is 2.55. The van der Waals surface area contributed by atoms with Crippen molar-refractivity contribution in [3.8, 4) is 23.3 Å². The fourth-order valence-corrected chi connectivity index (χ4v) is 1.61. The summed E-state index contributed by atoms with van der Waals surface area (Å²) >= 11 is 0. The monoisotopic (exact) mass is 284 g/mol. The van der Waals surface area contributed by atoms with Crippen LogP contribution in [-0.4, -0.2) is 28.5 Å². The second kappa shape index (κ2) is 6.39. The van der Waals surface area contributed by atoms with E-state index in [0.29, 0.717) is 11.6 Å². The molecule has 2 rings (SSSR count). The first-order valence-corrected chi connectivity index (χ1v) is 6.11. The highest BCUT2D eigenvalue weighted by molar-refractivity contribution is 6.07. The maximum atomic E-state index is 11.9. The standard InChI is InChI=1S/C15H12N2O4/c1-10-13(12(18)8-5-9-16-15(19)20)21-14(17-10)11-6-3-2-4-7-11/h2-4,6-7,16H,9H2,1H3,(H,19,20). The molecule has 1 amide bonds. The van der Waals surface area contributed by atoms with E-state index in [0.717, 1.165) is 5.56 Å². The van der Waals surface area contributed by atoms with Crippen LogP contribution in [0.15, 0.2) is 34.7 Å². The van der Waals surface area contributed by atoms with Crippen molar-refractivity contribution in [3.05, 3.63) is 41.8 Å². The molecule has 0 saturated carbocycles. The SMILES string of the molecule is Cc1nc(-c2ccccc2)oc1C(=O)C#CCNC(=O)O. The molecule has 0 atom stereocenters. The molecular formula is C15H12N2O4. The lowest BCUT2D eigenvalue weighted by molar-refractivity contribution is 0.103. The van der Waals surface area contributed by atoms with Gasteiger partial charge in [0.1, 0.15) is 0 Å². The molecule has 1 heterocycles. The lowest BCUT2D eigenvalue weighted by Gasteiger charge is -1.92. The summed E-state index contributed by atoms with van der Waals surface area (Å²) in [7, 11) is 0. The lowest BCUT2D eigenvalue weighted by atomic mass is 10.2. The zero-order valence-electron chi connectivity index (χ0n) is 11.2. The highest BCUT2D eigenvalue weighted by Crippen LogP contribution is 2.21. The normalized spacial score (nSPS) is 9.57. The van der Waals surface area contributed by atoms with Crippen molar-refractivity contribution < 1.29 is 19.1 Å². The Kier molecular flexibility index (Phi) is 4.36. The van der Waals surface area contributed by atoms with Crippen LogP contribution in [0.5, 0.6) is 0 Å². The second-order valence-electron chi connectivity index (χ2n) is 4.09. The average molecular weight is 284 g/mol. The highest BCUT2D eigenvalue weighted by Gasteiger charge is 2.16. The van der Waals surface area contributed by atoms with Crippen molar-refractivity contribution in [2.75, 3.05) is 6.54 Å². The second-order valence-corrected chi connectivity index (χ2v) is 4.09. The molecule has 0 aliphatic rings. The van der Waals surface area contributed by atoms with Crippen molar-refractivity contribution in [2.45, 2.75) is 6.92 Å². The lowest BCUT2D eigenvalue weighted by Crippen LogP contribution is -2.20. The fourth-order valence-electron chi connectivity index (χ4n) is 1.61. The van der Waals surface area contributed by atoms with Gasteiger partial charge in [-0.15, -0.1) is 0 Å². The summed E-state index contributed by atoms with van der Waals surface area (Å²) < 4.78 is 5.44. The van der Waals surface area contributed by atoms with E-state index in [-0.39, 0.29) is 12.3 Å². The number of oxazole rings is 1. The quantitative estimate of drug-likeness (QED) is 0.511. The number of carboxylic acid groups (broad SMARTS) is 1. The van der Waals surface area contributed by atoms with E-state index in [9.17, 15) is 9.59 Å². The molecule has 0 unspecified atom stereocenters. The number of carbonyl (C=O) groups excluding carboxylic acids is 1. The highest BCUT2D eigenvalue weighted by atomic mass is 16.4. The first-order valence-electron chi connectivity index (χ1n) is 6.11. The number of ketones is 1. The molecule has 106 valence electrons. The molecule has 0 spiro atoms. The van der Waals surface area contributed by atoms with Crippen LogP contribution < -0.4 is 5.32 Å². The number of amides is 1. The van der Waals surface area contributed by atoms with Gasteiger partial charge < -0.3 is 14.8 Å². The maximum Gasteiger partial charge on any atom is 0.405 e. The van der Waals surface area contributed by atoms with E-state index in [1.54, 1.807) is 6.92 Å². The Morgan fingerprint density at radius 2 is 2.05 bits per heavy atom. The predicted octanol–water partition coefficient (Wildman–Crippen LogP) is 2.10. The molecule has 6 nitrogen and oxygen atoms in total. The summed E-state index contributed by atoms with van der Waals surface area (Å²) in [6.45, 7) is 1.53. The third-order valence-electron chi connectivity index (χ3n) is 2.55. The van der Waals surface area contributed by atoms with Crippen LogP contribution in [0.1, 0.15) is 16.2 Å². The third kappa shape index (κ3) is 3.70. The van der Waals surface area contributed by atoms with E-state index in [1.165, 1.54) is 0 Å². The molecule has 0 bridgehead atoms. The Labute approximate surface area is 120 Å². The van der Waals surface area contributed by atoms with Crippen LogP contribution in [0.3, 0.4) is 0 Å². The number of carbonyl (C=O) groups is 2. The first kappa shape index (κ1) is 14.3. The number of rotatable bonds is 3. The number of aryl methyl sites for hydroxylation is 1. The zero-order valence-corrected chi connectivity index (χ0v) is 11.2. The number of hydrogen-bond acceptors (Lipinski definition) is 4. The Hall–Kier alpha value is -3.07. The average Bonchev–Trinajstić information content (AvgIpc) is 2.86. The van der Waals surface area contributed by atoms with Gasteiger partial charge in [-0.1, -0.05) is 24.1 Å². The molecule has 2 aromatic rings. The van der Waals surface area contributed by atoms with Gasteiger partial charge in [-0.3, -0.25) is 4.79 Å². The Morgan fingerprint density at radius 3 is 2.71 bits per heavy atom. The molecule has 0 radical (unpaired) electrons. The van der Waals surface area contributed by atoms with Gasteiger partial charge >= 0.3 is 6.09 Å². The van der Waals surface area contributed by atoms with Crippen LogP contribution in [0.4, 0.5) is 4.79 Å². The number of benzene rings is 1. The largest absolute Gasteiger partial charge is 0.465 e. The van der Waals surface area contributed by atoms with Gasteiger partial charge in [0.25, 0.3) is 5.78 Å².